The second-order valence-electron chi connectivity index (χ2n) is 15.8. The van der Waals surface area contributed by atoms with Gasteiger partial charge in [-0.1, -0.05) is 37.1 Å². The average molecular weight is 835 g/mol. The minimum absolute atomic E-state index is 0.0311. The van der Waals surface area contributed by atoms with Gasteiger partial charge in [0.05, 0.1) is 0 Å². The molecule has 0 heterocycles. The molecule has 15 heteroatoms. The summed E-state index contributed by atoms with van der Waals surface area (Å²) in [4.78, 5) is 45.7. The number of ether oxygens (including phenoxy) is 8. The van der Waals surface area contributed by atoms with Gasteiger partial charge in [-0.05, 0) is 127 Å². The molecular weight excluding hydrogens is 764 g/mol. The molecule has 0 fully saturated rings. The molecule has 2 rings (SSSR count). The summed E-state index contributed by atoms with van der Waals surface area (Å²) in [6.45, 7) is 12.5. The number of amides is 2. The van der Waals surface area contributed by atoms with Crippen molar-refractivity contribution in [1.29, 1.82) is 0 Å². The first-order valence-electron chi connectivity index (χ1n) is 20.2. The Morgan fingerprint density at radius 1 is 0.559 bits per heavy atom. The van der Waals surface area contributed by atoms with Gasteiger partial charge in [-0.3, -0.25) is 9.59 Å². The topological polar surface area (TPSA) is 186 Å². The molecule has 0 aliphatic carbocycles. The van der Waals surface area contributed by atoms with Crippen molar-refractivity contribution in [2.45, 2.75) is 130 Å². The van der Waals surface area contributed by atoms with E-state index in [1.807, 2.05) is 71.9 Å². The highest BCUT2D eigenvalue weighted by molar-refractivity contribution is 5.70. The number of carboxylic acid groups (broad SMARTS) is 1. The van der Waals surface area contributed by atoms with E-state index in [2.05, 4.69) is 16.7 Å². The number of carbonyl (C=O) groups excluding carboxylic acids is 3. The summed E-state index contributed by atoms with van der Waals surface area (Å²) >= 11 is 0. The number of benzene rings is 2. The number of alkyl carbamates (subject to hydrolysis) is 2. The van der Waals surface area contributed by atoms with Crippen LogP contribution in [0, 0.1) is 0 Å². The molecule has 59 heavy (non-hydrogen) atoms. The summed E-state index contributed by atoms with van der Waals surface area (Å²) in [5.74, 6) is 0.437. The Labute approximate surface area is 351 Å². The zero-order chi connectivity index (χ0) is 44.1. The van der Waals surface area contributed by atoms with Gasteiger partial charge in [-0.2, -0.15) is 0 Å². The smallest absolute Gasteiger partial charge is 0.407 e. The van der Waals surface area contributed by atoms with Gasteiger partial charge in [0.15, 0.2) is 20.4 Å². The number of carbonyl (C=O) groups is 4. The van der Waals surface area contributed by atoms with Gasteiger partial charge in [0.1, 0.15) is 22.7 Å². The number of hydrogen-bond acceptors (Lipinski definition) is 12. The Balaban J connectivity index is 0.000000593. The molecule has 0 radical (unpaired) electrons. The second kappa shape index (κ2) is 29.6. The van der Waals surface area contributed by atoms with Crippen LogP contribution in [0.4, 0.5) is 9.59 Å². The second-order valence-corrected chi connectivity index (χ2v) is 15.8. The molecule has 2 aromatic carbocycles. The van der Waals surface area contributed by atoms with Crippen LogP contribution in [0.5, 0.6) is 11.5 Å². The molecule has 0 spiro atoms. The van der Waals surface area contributed by atoms with Gasteiger partial charge in [-0.25, -0.2) is 9.59 Å². The highest BCUT2D eigenvalue weighted by atomic mass is 16.7. The third kappa shape index (κ3) is 27.7. The fraction of sp³-hybridized carbons (Fsp3) is 0.636. The van der Waals surface area contributed by atoms with E-state index in [-0.39, 0.29) is 45.3 Å². The lowest BCUT2D eigenvalue weighted by Gasteiger charge is -2.19. The van der Waals surface area contributed by atoms with E-state index in [0.717, 1.165) is 85.1 Å². The Kier molecular flexibility index (Phi) is 26.3. The molecule has 2 aromatic rings. The highest BCUT2D eigenvalue weighted by Gasteiger charge is 2.17. The summed E-state index contributed by atoms with van der Waals surface area (Å²) in [6.07, 6.45) is 7.81. The van der Waals surface area contributed by atoms with Gasteiger partial charge in [-0.15, -0.1) is 0 Å². The van der Waals surface area contributed by atoms with Gasteiger partial charge >= 0.3 is 24.1 Å². The summed E-state index contributed by atoms with van der Waals surface area (Å²) in [7, 11) is 4.63. The van der Waals surface area contributed by atoms with Crippen LogP contribution in [0.1, 0.15) is 115 Å². The zero-order valence-electron chi connectivity index (χ0n) is 36.8. The lowest BCUT2D eigenvalue weighted by atomic mass is 10.0. The number of aliphatic carboxylic acids is 1. The van der Waals surface area contributed by atoms with E-state index in [9.17, 15) is 19.2 Å². The molecule has 0 atom stereocenters. The minimum atomic E-state index is -0.807. The highest BCUT2D eigenvalue weighted by Crippen LogP contribution is 2.25. The predicted molar refractivity (Wildman–Crippen MR) is 224 cm³/mol. The fourth-order valence-corrected chi connectivity index (χ4v) is 5.43. The number of esters is 1. The van der Waals surface area contributed by atoms with Crippen molar-refractivity contribution in [3.63, 3.8) is 0 Å². The quantitative estimate of drug-likeness (QED) is 0.0360. The minimum Gasteiger partial charge on any atom is -0.481 e. The number of nitrogens with one attached hydrogen (secondary N) is 2. The third-order valence-corrected chi connectivity index (χ3v) is 8.08. The Bertz CT molecular complexity index is 1520. The van der Waals surface area contributed by atoms with E-state index >= 15 is 0 Å². The predicted octanol–water partition coefficient (Wildman–Crippen LogP) is 7.91. The van der Waals surface area contributed by atoms with E-state index in [1.165, 1.54) is 7.11 Å². The lowest BCUT2D eigenvalue weighted by Crippen LogP contribution is -2.33. The van der Waals surface area contributed by atoms with E-state index < -0.39 is 23.3 Å². The molecule has 0 saturated carbocycles. The van der Waals surface area contributed by atoms with Crippen molar-refractivity contribution < 1.29 is 62.2 Å². The van der Waals surface area contributed by atoms with Crippen molar-refractivity contribution >= 4 is 24.1 Å². The van der Waals surface area contributed by atoms with Crippen molar-refractivity contribution in [3.8, 4) is 11.5 Å². The standard InChI is InChI=1S/C23H37NO7.C21H33NO6/c1-23(2,3)31-22(26)24-14-8-6-7-9-19-15-18(10-12-20(19)29-16-27-4)11-13-21(25)30-17-28-5;1-21(2,3)28-20(25)22-13-7-5-6-8-17-14-16(10-12-19(23)24)9-11-18(17)27-15-26-4/h10,12,15H,6-9,11,13-14,16-17H2,1-5H3,(H,24,26);9,11,14H,5-8,10,12-13,15H2,1-4H3,(H,22,25)(H,23,24). The van der Waals surface area contributed by atoms with Gasteiger partial charge in [0, 0.05) is 47.3 Å². The number of carboxylic acids is 1. The molecule has 0 saturated heterocycles. The first-order chi connectivity index (χ1) is 28.0. The largest absolute Gasteiger partial charge is 0.481 e. The van der Waals surface area contributed by atoms with Gasteiger partial charge in [0.2, 0.25) is 0 Å². The normalized spacial score (nSPS) is 11.1. The fourth-order valence-electron chi connectivity index (χ4n) is 5.43. The van der Waals surface area contributed by atoms with E-state index in [4.69, 9.17) is 43.0 Å². The van der Waals surface area contributed by atoms with Crippen molar-refractivity contribution in [2.24, 2.45) is 0 Å². The lowest BCUT2D eigenvalue weighted by molar-refractivity contribution is -0.154. The summed E-state index contributed by atoms with van der Waals surface area (Å²) in [5, 5.41) is 14.4. The van der Waals surface area contributed by atoms with Crippen molar-refractivity contribution in [2.75, 3.05) is 54.8 Å². The SMILES string of the molecule is COCOC(=O)CCc1ccc(OCOC)c(CCCCCNC(=O)OC(C)(C)C)c1.COCOc1ccc(CCC(=O)O)cc1CCCCCNC(=O)OC(C)(C)C. The van der Waals surface area contributed by atoms with Crippen LogP contribution < -0.4 is 20.1 Å². The molecule has 0 aliphatic heterocycles. The van der Waals surface area contributed by atoms with Crippen LogP contribution in [0.25, 0.3) is 0 Å². The summed E-state index contributed by atoms with van der Waals surface area (Å²) in [6, 6.07) is 11.7. The van der Waals surface area contributed by atoms with Crippen LogP contribution in [0.3, 0.4) is 0 Å². The molecule has 0 bridgehead atoms. The van der Waals surface area contributed by atoms with Crippen molar-refractivity contribution in [3.05, 3.63) is 58.7 Å². The van der Waals surface area contributed by atoms with Gasteiger partial charge < -0.3 is 53.6 Å². The Morgan fingerprint density at radius 3 is 1.37 bits per heavy atom. The Morgan fingerprint density at radius 2 is 0.983 bits per heavy atom. The maximum atomic E-state index is 11.7. The number of unbranched alkanes of at least 4 members (excludes halogenated alkanes) is 4. The molecule has 0 unspecified atom stereocenters. The number of rotatable bonds is 26. The molecule has 334 valence electrons. The molecule has 2 amide bonds. The summed E-state index contributed by atoms with van der Waals surface area (Å²) in [5.41, 5.74) is 3.15. The third-order valence-electron chi connectivity index (χ3n) is 8.08. The summed E-state index contributed by atoms with van der Waals surface area (Å²) < 4.78 is 41.4. The molecule has 15 nitrogen and oxygen atoms in total. The first kappa shape index (κ1) is 52.4. The van der Waals surface area contributed by atoms with Crippen LogP contribution in [0.2, 0.25) is 0 Å². The number of hydrogen-bond donors (Lipinski definition) is 3. The van der Waals surface area contributed by atoms with Crippen LogP contribution >= 0.6 is 0 Å². The number of methoxy groups -OCH3 is 3. The number of aryl methyl sites for hydroxylation is 4. The molecule has 3 N–H and O–H groups in total. The molecular formula is C44H70N2O13. The van der Waals surface area contributed by atoms with Crippen LogP contribution in [-0.2, 0) is 63.7 Å². The zero-order valence-corrected chi connectivity index (χ0v) is 36.8. The average Bonchev–Trinajstić information content (AvgIpc) is 3.16. The van der Waals surface area contributed by atoms with Crippen LogP contribution in [0.15, 0.2) is 36.4 Å². The monoisotopic (exact) mass is 834 g/mol. The van der Waals surface area contributed by atoms with E-state index in [0.29, 0.717) is 25.9 Å². The maximum absolute atomic E-state index is 11.7. The maximum Gasteiger partial charge on any atom is 0.407 e. The first-order valence-corrected chi connectivity index (χ1v) is 20.2. The van der Waals surface area contributed by atoms with Crippen molar-refractivity contribution in [1.82, 2.24) is 10.6 Å². The van der Waals surface area contributed by atoms with Crippen LogP contribution in [-0.4, -0.2) is 95.2 Å². The molecule has 0 aliphatic rings. The van der Waals surface area contributed by atoms with E-state index in [1.54, 1.807) is 14.2 Å². The molecule has 0 aromatic heterocycles. The Hall–Kier alpha value is -4.60. The van der Waals surface area contributed by atoms with Gasteiger partial charge in [0.25, 0.3) is 0 Å².